The molecule has 0 spiro atoms. The van der Waals surface area contributed by atoms with Gasteiger partial charge in [0.2, 0.25) is 0 Å². The second kappa shape index (κ2) is 4.92. The lowest BCUT2D eigenvalue weighted by Crippen LogP contribution is -2.22. The van der Waals surface area contributed by atoms with Crippen molar-refractivity contribution in [3.05, 3.63) is 69.4 Å². The van der Waals surface area contributed by atoms with E-state index in [1.165, 1.54) is 0 Å². The summed E-state index contributed by atoms with van der Waals surface area (Å²) in [6.07, 6.45) is 0. The van der Waals surface area contributed by atoms with Crippen LogP contribution in [0.25, 0.3) is 54.5 Å². The second-order valence-corrected chi connectivity index (χ2v) is 7.26. The Hall–Kier alpha value is -3.80. The van der Waals surface area contributed by atoms with Gasteiger partial charge in [0.15, 0.2) is 0 Å². The molecule has 0 saturated heterocycles. The first kappa shape index (κ1) is 15.3. The third kappa shape index (κ3) is 1.63. The quantitative estimate of drug-likeness (QED) is 0.430. The molecule has 0 amide bonds. The fourth-order valence-corrected chi connectivity index (χ4v) is 4.76. The van der Waals surface area contributed by atoms with Crippen molar-refractivity contribution in [2.75, 3.05) is 0 Å². The minimum absolute atomic E-state index is 0.366. The number of nitrogens with zero attached hydrogens (tertiary/aromatic N) is 2. The van der Waals surface area contributed by atoms with Gasteiger partial charge >= 0.3 is 5.69 Å². The Morgan fingerprint density at radius 2 is 1.21 bits per heavy atom. The molecule has 136 valence electrons. The van der Waals surface area contributed by atoms with Crippen molar-refractivity contribution in [3.8, 4) is 0 Å². The molecular weight excluding hydrogens is 352 g/mol. The molecule has 0 unspecified atom stereocenters. The summed E-state index contributed by atoms with van der Waals surface area (Å²) in [6, 6.07) is 16.1. The number of aryl methyl sites for hydroxylation is 2. The van der Waals surface area contributed by atoms with Crippen LogP contribution in [0, 0.1) is 0 Å². The Labute approximate surface area is 157 Å². The van der Waals surface area contributed by atoms with Gasteiger partial charge in [0, 0.05) is 46.7 Å². The highest BCUT2D eigenvalue weighted by atomic mass is 16.2. The molecule has 6 heteroatoms. The standard InChI is InChI=1S/C22H16N4O2/c1-25-13-9-5-3-7-11(13)15-17-18(23-22(28)24-21(17)27)16-12-8-4-6-10-14(12)26(2)20(16)19(15)25/h3-10H,1-2H3,(H2,23,24,27,28). The van der Waals surface area contributed by atoms with E-state index in [9.17, 15) is 9.59 Å². The van der Waals surface area contributed by atoms with Crippen molar-refractivity contribution in [1.82, 2.24) is 19.1 Å². The molecule has 3 aromatic carbocycles. The van der Waals surface area contributed by atoms with Gasteiger partial charge in [-0.05, 0) is 12.1 Å². The van der Waals surface area contributed by atoms with E-state index >= 15 is 0 Å². The Kier molecular flexibility index (Phi) is 2.69. The number of benzene rings is 3. The van der Waals surface area contributed by atoms with E-state index in [1.54, 1.807) is 0 Å². The number of H-pyrrole nitrogens is 2. The van der Waals surface area contributed by atoms with Crippen LogP contribution < -0.4 is 11.2 Å². The van der Waals surface area contributed by atoms with Crippen molar-refractivity contribution in [2.45, 2.75) is 0 Å². The maximum Gasteiger partial charge on any atom is 0.326 e. The highest BCUT2D eigenvalue weighted by molar-refractivity contribution is 6.34. The lowest BCUT2D eigenvalue weighted by molar-refractivity contribution is 0.986. The average Bonchev–Trinajstić information content (AvgIpc) is 3.15. The molecule has 6 aromatic rings. The number of fused-ring (bicyclic) bond motifs is 10. The average molecular weight is 368 g/mol. The van der Waals surface area contributed by atoms with E-state index in [2.05, 4.69) is 31.2 Å². The molecule has 0 aliphatic carbocycles. The lowest BCUT2D eigenvalue weighted by atomic mass is 10.0. The van der Waals surface area contributed by atoms with Gasteiger partial charge < -0.3 is 14.1 Å². The number of hydrogen-bond acceptors (Lipinski definition) is 2. The highest BCUT2D eigenvalue weighted by Crippen LogP contribution is 2.41. The van der Waals surface area contributed by atoms with Crippen molar-refractivity contribution in [1.29, 1.82) is 0 Å². The molecule has 28 heavy (non-hydrogen) atoms. The summed E-state index contributed by atoms with van der Waals surface area (Å²) < 4.78 is 4.28. The third-order valence-electron chi connectivity index (χ3n) is 5.88. The zero-order chi connectivity index (χ0) is 19.2. The molecule has 0 saturated carbocycles. The van der Waals surface area contributed by atoms with Gasteiger partial charge in [0.25, 0.3) is 5.56 Å². The zero-order valence-electron chi connectivity index (χ0n) is 15.3. The molecule has 2 N–H and O–H groups in total. The summed E-state index contributed by atoms with van der Waals surface area (Å²) in [7, 11) is 4.05. The van der Waals surface area contributed by atoms with Gasteiger partial charge in [-0.2, -0.15) is 0 Å². The van der Waals surface area contributed by atoms with Crippen molar-refractivity contribution >= 4 is 54.5 Å². The van der Waals surface area contributed by atoms with E-state index in [4.69, 9.17) is 0 Å². The van der Waals surface area contributed by atoms with Crippen LogP contribution in [-0.2, 0) is 14.1 Å². The van der Waals surface area contributed by atoms with Crippen LogP contribution in [0.5, 0.6) is 0 Å². The molecule has 3 aromatic heterocycles. The maximum absolute atomic E-state index is 13.0. The number of rotatable bonds is 0. The van der Waals surface area contributed by atoms with Gasteiger partial charge in [-0.25, -0.2) is 4.79 Å². The summed E-state index contributed by atoms with van der Waals surface area (Å²) in [5.74, 6) is 0. The molecule has 0 bridgehead atoms. The van der Waals surface area contributed by atoms with E-state index in [1.807, 2.05) is 50.5 Å². The summed E-state index contributed by atoms with van der Waals surface area (Å²) in [5.41, 5.74) is 3.81. The number of para-hydroxylation sites is 2. The zero-order valence-corrected chi connectivity index (χ0v) is 15.3. The number of hydrogen-bond donors (Lipinski definition) is 2. The molecule has 6 nitrogen and oxygen atoms in total. The number of aromatic nitrogens is 4. The van der Waals surface area contributed by atoms with Crippen LogP contribution in [0.3, 0.4) is 0 Å². The van der Waals surface area contributed by atoms with E-state index in [0.29, 0.717) is 10.9 Å². The Bertz CT molecular complexity index is 1730. The van der Waals surface area contributed by atoms with Crippen LogP contribution in [0.15, 0.2) is 58.1 Å². The first-order chi connectivity index (χ1) is 13.6. The topological polar surface area (TPSA) is 75.6 Å². The summed E-state index contributed by atoms with van der Waals surface area (Å²) in [6.45, 7) is 0. The van der Waals surface area contributed by atoms with Crippen molar-refractivity contribution in [2.24, 2.45) is 14.1 Å². The molecular formula is C22H16N4O2. The van der Waals surface area contributed by atoms with E-state index in [0.717, 1.165) is 43.6 Å². The summed E-state index contributed by atoms with van der Waals surface area (Å²) in [5, 5.41) is 4.29. The maximum atomic E-state index is 13.0. The number of nitrogens with one attached hydrogen (secondary N) is 2. The van der Waals surface area contributed by atoms with E-state index < -0.39 is 5.69 Å². The molecule has 3 heterocycles. The molecule has 0 aliphatic heterocycles. The van der Waals surface area contributed by atoms with Gasteiger partial charge in [-0.1, -0.05) is 36.4 Å². The third-order valence-corrected chi connectivity index (χ3v) is 5.88. The van der Waals surface area contributed by atoms with E-state index in [-0.39, 0.29) is 5.56 Å². The Morgan fingerprint density at radius 1 is 0.679 bits per heavy atom. The van der Waals surface area contributed by atoms with Crippen LogP contribution in [0.1, 0.15) is 0 Å². The first-order valence-corrected chi connectivity index (χ1v) is 9.10. The normalized spacial score (nSPS) is 12.2. The molecule has 0 radical (unpaired) electrons. The molecule has 0 fully saturated rings. The Balaban J connectivity index is 2.18. The predicted molar refractivity (Wildman–Crippen MR) is 113 cm³/mol. The lowest BCUT2D eigenvalue weighted by Gasteiger charge is -2.07. The molecule has 0 aliphatic rings. The van der Waals surface area contributed by atoms with Gasteiger partial charge in [-0.15, -0.1) is 0 Å². The Morgan fingerprint density at radius 3 is 1.86 bits per heavy atom. The minimum Gasteiger partial charge on any atom is -0.342 e. The van der Waals surface area contributed by atoms with Crippen LogP contribution in [-0.4, -0.2) is 19.1 Å². The number of aromatic amines is 2. The smallest absolute Gasteiger partial charge is 0.326 e. The highest BCUT2D eigenvalue weighted by Gasteiger charge is 2.22. The monoisotopic (exact) mass is 368 g/mol. The fourth-order valence-electron chi connectivity index (χ4n) is 4.76. The predicted octanol–water partition coefficient (Wildman–Crippen LogP) is 3.51. The van der Waals surface area contributed by atoms with Gasteiger partial charge in [0.1, 0.15) is 0 Å². The largest absolute Gasteiger partial charge is 0.342 e. The van der Waals surface area contributed by atoms with Crippen molar-refractivity contribution < 1.29 is 0 Å². The second-order valence-electron chi connectivity index (χ2n) is 7.26. The van der Waals surface area contributed by atoms with Crippen LogP contribution >= 0.6 is 0 Å². The summed E-state index contributed by atoms with van der Waals surface area (Å²) in [4.78, 5) is 30.5. The molecule has 6 rings (SSSR count). The fraction of sp³-hybridized carbons (Fsp3) is 0.0909. The van der Waals surface area contributed by atoms with Gasteiger partial charge in [-0.3, -0.25) is 9.78 Å². The van der Waals surface area contributed by atoms with Crippen molar-refractivity contribution in [3.63, 3.8) is 0 Å². The molecule has 0 atom stereocenters. The van der Waals surface area contributed by atoms with Crippen LogP contribution in [0.2, 0.25) is 0 Å². The van der Waals surface area contributed by atoms with Crippen LogP contribution in [0.4, 0.5) is 0 Å². The first-order valence-electron chi connectivity index (χ1n) is 9.10. The van der Waals surface area contributed by atoms with Gasteiger partial charge in [0.05, 0.1) is 21.9 Å². The summed E-state index contributed by atoms with van der Waals surface area (Å²) >= 11 is 0. The SMILES string of the molecule is Cn1c2ccccc2c2c3[nH]c(=O)[nH]c(=O)c3c3c4ccccc4n(C)c3c21. The minimum atomic E-state index is -0.494.